The van der Waals surface area contributed by atoms with Gasteiger partial charge in [-0.3, -0.25) is 9.59 Å². The monoisotopic (exact) mass is 213 g/mol. The maximum Gasteiger partial charge on any atom is 0.186 e. The van der Waals surface area contributed by atoms with Gasteiger partial charge in [0, 0.05) is 11.8 Å². The first-order valence-corrected chi connectivity index (χ1v) is 5.02. The molecule has 3 nitrogen and oxygen atoms in total. The first-order valence-electron chi connectivity index (χ1n) is 5.02. The lowest BCUT2D eigenvalue weighted by Crippen LogP contribution is -2.08. The van der Waals surface area contributed by atoms with Crippen LogP contribution in [-0.2, 0) is 0 Å². The average molecular weight is 213 g/mol. The number of hydrogen-bond donors (Lipinski definition) is 1. The molecular weight excluding hydrogens is 202 g/mol. The van der Waals surface area contributed by atoms with Crippen LogP contribution in [0.3, 0.4) is 0 Å². The zero-order chi connectivity index (χ0) is 11.4. The second-order valence-electron chi connectivity index (χ2n) is 3.47. The van der Waals surface area contributed by atoms with Gasteiger partial charge in [0.05, 0.1) is 12.1 Å². The van der Waals surface area contributed by atoms with Crippen molar-refractivity contribution in [3.63, 3.8) is 0 Å². The highest BCUT2D eigenvalue weighted by Gasteiger charge is 2.13. The molecule has 0 saturated heterocycles. The van der Waals surface area contributed by atoms with Gasteiger partial charge < -0.3 is 4.98 Å². The smallest absolute Gasteiger partial charge is 0.186 e. The van der Waals surface area contributed by atoms with Gasteiger partial charge in [0.1, 0.15) is 0 Å². The third kappa shape index (κ3) is 2.25. The van der Waals surface area contributed by atoms with E-state index in [0.29, 0.717) is 11.3 Å². The quantitative estimate of drug-likeness (QED) is 0.626. The van der Waals surface area contributed by atoms with Gasteiger partial charge in [-0.25, -0.2) is 0 Å². The minimum Gasteiger partial charge on any atom is -0.359 e. The minimum atomic E-state index is -0.182. The highest BCUT2D eigenvalue weighted by atomic mass is 16.1. The van der Waals surface area contributed by atoms with Crippen molar-refractivity contribution in [3.8, 4) is 0 Å². The lowest BCUT2D eigenvalue weighted by molar-refractivity contribution is 0.0892. The summed E-state index contributed by atoms with van der Waals surface area (Å²) in [5, 5.41) is 0. The number of Topliss-reactive ketones (excluding diaryl/α,β-unsaturated/α-hetero) is 2. The van der Waals surface area contributed by atoms with Crippen molar-refractivity contribution in [2.75, 3.05) is 0 Å². The number of aromatic nitrogens is 1. The standard InChI is InChI=1S/C13H11NO2/c15-12(10-5-2-1-3-6-10)9-13(16)11-7-4-8-14-11/h1-8,14H,9H2. The van der Waals surface area contributed by atoms with Crippen molar-refractivity contribution in [2.24, 2.45) is 0 Å². The Morgan fingerprint density at radius 1 is 0.938 bits per heavy atom. The van der Waals surface area contributed by atoms with Crippen LogP contribution in [0.5, 0.6) is 0 Å². The number of carbonyl (C=O) groups excluding carboxylic acids is 2. The number of benzene rings is 1. The molecule has 0 aliphatic heterocycles. The van der Waals surface area contributed by atoms with E-state index in [2.05, 4.69) is 4.98 Å². The lowest BCUT2D eigenvalue weighted by Gasteiger charge is -1.99. The topological polar surface area (TPSA) is 49.9 Å². The number of aromatic amines is 1. The SMILES string of the molecule is O=C(CC(=O)c1ccc[nH]1)c1ccccc1. The Labute approximate surface area is 93.1 Å². The second kappa shape index (κ2) is 4.57. The van der Waals surface area contributed by atoms with Gasteiger partial charge in [0.25, 0.3) is 0 Å². The Kier molecular flexibility index (Phi) is 2.96. The van der Waals surface area contributed by atoms with Gasteiger partial charge >= 0.3 is 0 Å². The Balaban J connectivity index is 2.06. The fraction of sp³-hybridized carbons (Fsp3) is 0.0769. The molecule has 1 N–H and O–H groups in total. The van der Waals surface area contributed by atoms with E-state index in [0.717, 1.165) is 0 Å². The number of ketones is 2. The van der Waals surface area contributed by atoms with Crippen molar-refractivity contribution < 1.29 is 9.59 Å². The molecule has 0 bridgehead atoms. The van der Waals surface area contributed by atoms with E-state index in [1.54, 1.807) is 42.6 Å². The van der Waals surface area contributed by atoms with E-state index in [1.165, 1.54) is 0 Å². The molecule has 0 unspecified atom stereocenters. The second-order valence-corrected chi connectivity index (χ2v) is 3.47. The summed E-state index contributed by atoms with van der Waals surface area (Å²) in [6.45, 7) is 0. The van der Waals surface area contributed by atoms with Crippen LogP contribution < -0.4 is 0 Å². The predicted molar refractivity (Wildman–Crippen MR) is 60.5 cm³/mol. The van der Waals surface area contributed by atoms with Gasteiger partial charge in [-0.1, -0.05) is 30.3 Å². The molecule has 0 spiro atoms. The maximum atomic E-state index is 11.7. The van der Waals surface area contributed by atoms with Crippen LogP contribution in [0.15, 0.2) is 48.7 Å². The minimum absolute atomic E-state index is 0.0927. The Bertz CT molecular complexity index is 486. The molecule has 0 amide bonds. The third-order valence-electron chi connectivity index (χ3n) is 2.32. The fourth-order valence-electron chi connectivity index (χ4n) is 1.47. The fourth-order valence-corrected chi connectivity index (χ4v) is 1.47. The van der Waals surface area contributed by atoms with Crippen molar-refractivity contribution in [1.82, 2.24) is 4.98 Å². The van der Waals surface area contributed by atoms with Crippen LogP contribution in [-0.4, -0.2) is 16.6 Å². The summed E-state index contributed by atoms with van der Waals surface area (Å²) in [6.07, 6.45) is 1.57. The predicted octanol–water partition coefficient (Wildman–Crippen LogP) is 2.47. The lowest BCUT2D eigenvalue weighted by atomic mass is 10.1. The van der Waals surface area contributed by atoms with Gasteiger partial charge in [-0.2, -0.15) is 0 Å². The van der Waals surface area contributed by atoms with E-state index in [9.17, 15) is 9.59 Å². The molecular formula is C13H11NO2. The molecule has 2 rings (SSSR count). The summed E-state index contributed by atoms with van der Waals surface area (Å²) in [6, 6.07) is 12.2. The van der Waals surface area contributed by atoms with Crippen molar-refractivity contribution in [1.29, 1.82) is 0 Å². The Morgan fingerprint density at radius 3 is 2.31 bits per heavy atom. The molecule has 0 fully saturated rings. The normalized spacial score (nSPS) is 10.0. The van der Waals surface area contributed by atoms with E-state index >= 15 is 0 Å². The zero-order valence-electron chi connectivity index (χ0n) is 8.64. The summed E-state index contributed by atoms with van der Waals surface area (Å²) in [4.78, 5) is 26.1. The Morgan fingerprint density at radius 2 is 1.69 bits per heavy atom. The summed E-state index contributed by atoms with van der Waals surface area (Å²) < 4.78 is 0. The summed E-state index contributed by atoms with van der Waals surface area (Å²) in [5.74, 6) is -0.334. The van der Waals surface area contributed by atoms with Gasteiger partial charge in [-0.15, -0.1) is 0 Å². The van der Waals surface area contributed by atoms with Crippen LogP contribution in [0, 0.1) is 0 Å². The number of carbonyl (C=O) groups is 2. The molecule has 2 aromatic rings. The van der Waals surface area contributed by atoms with Gasteiger partial charge in [0.2, 0.25) is 0 Å². The summed E-state index contributed by atoms with van der Waals surface area (Å²) in [5.41, 5.74) is 1.05. The highest BCUT2D eigenvalue weighted by Crippen LogP contribution is 2.07. The zero-order valence-corrected chi connectivity index (χ0v) is 8.64. The number of H-pyrrole nitrogens is 1. The first-order chi connectivity index (χ1) is 7.77. The number of hydrogen-bond acceptors (Lipinski definition) is 2. The molecule has 0 aliphatic rings. The number of rotatable bonds is 4. The van der Waals surface area contributed by atoms with Crippen LogP contribution in [0.2, 0.25) is 0 Å². The molecule has 1 aromatic carbocycles. The van der Waals surface area contributed by atoms with Crippen molar-refractivity contribution in [3.05, 3.63) is 59.9 Å². The van der Waals surface area contributed by atoms with E-state index in [1.807, 2.05) is 6.07 Å². The van der Waals surface area contributed by atoms with E-state index in [4.69, 9.17) is 0 Å². The molecule has 0 atom stereocenters. The van der Waals surface area contributed by atoms with E-state index < -0.39 is 0 Å². The van der Waals surface area contributed by atoms with Crippen LogP contribution >= 0.6 is 0 Å². The van der Waals surface area contributed by atoms with Crippen molar-refractivity contribution >= 4 is 11.6 Å². The molecule has 0 saturated carbocycles. The molecule has 1 heterocycles. The van der Waals surface area contributed by atoms with Gasteiger partial charge in [-0.05, 0) is 12.1 Å². The van der Waals surface area contributed by atoms with Crippen LogP contribution in [0.4, 0.5) is 0 Å². The summed E-state index contributed by atoms with van der Waals surface area (Å²) >= 11 is 0. The number of nitrogens with one attached hydrogen (secondary N) is 1. The first kappa shape index (κ1) is 10.4. The summed E-state index contributed by atoms with van der Waals surface area (Å²) in [7, 11) is 0. The largest absolute Gasteiger partial charge is 0.359 e. The highest BCUT2D eigenvalue weighted by molar-refractivity contribution is 6.12. The van der Waals surface area contributed by atoms with Crippen LogP contribution in [0.25, 0.3) is 0 Å². The molecule has 3 heteroatoms. The Hall–Kier alpha value is -2.16. The molecule has 16 heavy (non-hydrogen) atoms. The molecule has 0 aliphatic carbocycles. The average Bonchev–Trinajstić information content (AvgIpc) is 2.83. The van der Waals surface area contributed by atoms with E-state index in [-0.39, 0.29) is 18.0 Å². The molecule has 0 radical (unpaired) electrons. The van der Waals surface area contributed by atoms with Crippen molar-refractivity contribution in [2.45, 2.75) is 6.42 Å². The third-order valence-corrected chi connectivity index (χ3v) is 2.32. The molecule has 1 aromatic heterocycles. The molecule has 80 valence electrons. The van der Waals surface area contributed by atoms with Crippen LogP contribution in [0.1, 0.15) is 27.3 Å². The van der Waals surface area contributed by atoms with Gasteiger partial charge in [0.15, 0.2) is 11.6 Å². The maximum absolute atomic E-state index is 11.7.